The predicted octanol–water partition coefficient (Wildman–Crippen LogP) is 8.26. The SMILES string of the molecule is C.C1CN2CCN(CC3CNC3)C[C@H]2CO1.CC(C)(C)OC(=O)N1CC(C=O)C1.CC(C)(C)OC(=O)N1CC(CN2CCN3CCOC[C@@H]3C2)C1.CC(C)(C)OC(=O)N1CC(CO)C1.CO[C@H]1/C=C/C[C@H](C)CS(=O)(NC(=O)N2CC(CN3CCN4CCOC[C@@H]4C3)C2)=NC(=O)c2ccc3c(c2)N(C[C@@H]2CC[C@H]21)C[C@@]1(CCCc2cc(Cl)ccc21)CO3. The molecule has 13 aliphatic heterocycles. The second-order valence-corrected chi connectivity index (χ2v) is 42.1. The minimum absolute atomic E-state index is 0. The number of benzene rings is 2. The maximum atomic E-state index is 14.8. The molecule has 9 atom stereocenters. The van der Waals surface area contributed by atoms with E-state index in [2.05, 4.69) is 73.0 Å². The molecule has 0 aromatic heterocycles. The summed E-state index contributed by atoms with van der Waals surface area (Å²) >= 11 is 6.49. The number of methoxy groups -OCH3 is 1. The lowest BCUT2D eigenvalue weighted by Gasteiger charge is -2.47. The summed E-state index contributed by atoms with van der Waals surface area (Å²) in [6.07, 6.45) is 10.1. The van der Waals surface area contributed by atoms with E-state index in [-0.39, 0.29) is 67.3 Å². The molecule has 684 valence electrons. The first-order valence-electron chi connectivity index (χ1n) is 44.9. The van der Waals surface area contributed by atoms with Crippen molar-refractivity contribution in [3.63, 3.8) is 0 Å². The number of piperazine rings is 3. The van der Waals surface area contributed by atoms with Crippen LogP contribution in [0.25, 0.3) is 0 Å². The van der Waals surface area contributed by atoms with Crippen LogP contribution in [0, 0.1) is 47.3 Å². The van der Waals surface area contributed by atoms with E-state index in [0.717, 1.165) is 199 Å². The molecular formula is C90H145ClN14O16S. The molecule has 6 amide bonds. The summed E-state index contributed by atoms with van der Waals surface area (Å²) < 4.78 is 67.3. The van der Waals surface area contributed by atoms with Crippen LogP contribution >= 0.6 is 11.6 Å². The minimum atomic E-state index is -3.49. The summed E-state index contributed by atoms with van der Waals surface area (Å²) in [5, 5.41) is 12.8. The molecule has 3 N–H and O–H groups in total. The molecule has 2 aromatic rings. The van der Waals surface area contributed by atoms with Crippen molar-refractivity contribution < 1.29 is 76.0 Å². The Labute approximate surface area is 731 Å². The number of hydrogen-bond donors (Lipinski definition) is 3. The minimum Gasteiger partial charge on any atom is -0.490 e. The number of aldehydes is 1. The van der Waals surface area contributed by atoms with Gasteiger partial charge in [-0.25, -0.2) is 23.4 Å². The Kier molecular flexibility index (Phi) is 32.9. The number of aliphatic hydroxyl groups is 1. The van der Waals surface area contributed by atoms with E-state index in [9.17, 15) is 33.0 Å². The van der Waals surface area contributed by atoms with Gasteiger partial charge in [-0.3, -0.25) is 24.2 Å². The number of hydrogen-bond acceptors (Lipinski definition) is 24. The molecule has 1 unspecified atom stereocenters. The molecule has 13 heterocycles. The number of rotatable bonds is 10. The van der Waals surface area contributed by atoms with Crippen molar-refractivity contribution in [3.8, 4) is 5.75 Å². The normalized spacial score (nSPS) is 29.3. The van der Waals surface area contributed by atoms with Gasteiger partial charge < -0.3 is 92.3 Å². The second kappa shape index (κ2) is 42.3. The Morgan fingerprint density at radius 1 is 0.656 bits per heavy atom. The summed E-state index contributed by atoms with van der Waals surface area (Å²) in [7, 11) is -1.70. The zero-order valence-corrected chi connectivity index (χ0v) is 75.6. The largest absolute Gasteiger partial charge is 0.490 e. The van der Waals surface area contributed by atoms with Crippen LogP contribution in [0.1, 0.15) is 130 Å². The molecular weight excluding hydrogens is 1600 g/mol. The van der Waals surface area contributed by atoms with E-state index in [1.807, 2.05) is 92.3 Å². The van der Waals surface area contributed by atoms with Gasteiger partial charge in [0.15, 0.2) is 0 Å². The average molecular weight is 1750 g/mol. The van der Waals surface area contributed by atoms with Gasteiger partial charge >= 0.3 is 24.3 Å². The van der Waals surface area contributed by atoms with Gasteiger partial charge in [0, 0.05) is 242 Å². The molecule has 0 radical (unpaired) electrons. The van der Waals surface area contributed by atoms with E-state index >= 15 is 0 Å². The van der Waals surface area contributed by atoms with E-state index < -0.39 is 38.7 Å². The quantitative estimate of drug-likeness (QED) is 0.115. The van der Waals surface area contributed by atoms with Crippen molar-refractivity contribution >= 4 is 63.7 Å². The maximum Gasteiger partial charge on any atom is 0.410 e. The van der Waals surface area contributed by atoms with Gasteiger partial charge in [0.05, 0.1) is 69.7 Å². The number of anilines is 1. The van der Waals surface area contributed by atoms with Gasteiger partial charge in [0.25, 0.3) is 5.91 Å². The Bertz CT molecular complexity index is 3980. The van der Waals surface area contributed by atoms with Crippen LogP contribution < -0.4 is 19.7 Å². The van der Waals surface area contributed by atoms with Crippen molar-refractivity contribution in [3.05, 3.63) is 70.3 Å². The Morgan fingerprint density at radius 2 is 1.17 bits per heavy atom. The first-order valence-corrected chi connectivity index (χ1v) is 47.0. The molecule has 11 saturated heterocycles. The Hall–Kier alpha value is -6.04. The van der Waals surface area contributed by atoms with Gasteiger partial charge in [0.1, 0.15) is 38.8 Å². The Morgan fingerprint density at radius 3 is 1.66 bits per heavy atom. The average Bonchev–Trinajstić information content (AvgIpc) is 1.55. The van der Waals surface area contributed by atoms with Gasteiger partial charge in [-0.05, 0) is 166 Å². The molecule has 122 heavy (non-hydrogen) atoms. The second-order valence-electron chi connectivity index (χ2n) is 39.7. The van der Waals surface area contributed by atoms with E-state index in [0.29, 0.717) is 99.7 Å². The van der Waals surface area contributed by atoms with Gasteiger partial charge in [0.2, 0.25) is 0 Å². The van der Waals surface area contributed by atoms with Crippen LogP contribution in [-0.4, -0.2) is 378 Å². The lowest BCUT2D eigenvalue weighted by molar-refractivity contribution is -0.115. The van der Waals surface area contributed by atoms with E-state index in [4.69, 9.17) is 54.6 Å². The number of likely N-dealkylation sites (tertiary alicyclic amines) is 4. The van der Waals surface area contributed by atoms with Crippen molar-refractivity contribution in [1.82, 2.24) is 59.0 Å². The van der Waals surface area contributed by atoms with Crippen LogP contribution in [0.3, 0.4) is 0 Å². The van der Waals surface area contributed by atoms with Crippen molar-refractivity contribution in [2.75, 3.05) is 247 Å². The smallest absolute Gasteiger partial charge is 0.410 e. The van der Waals surface area contributed by atoms with E-state index in [1.165, 1.54) is 55.3 Å². The monoisotopic (exact) mass is 1750 g/mol. The highest BCUT2D eigenvalue weighted by molar-refractivity contribution is 7.92. The van der Waals surface area contributed by atoms with Crippen LogP contribution in [-0.2, 0) is 59.7 Å². The number of ether oxygens (including phenoxy) is 8. The third-order valence-corrected chi connectivity index (χ3v) is 28.4. The summed E-state index contributed by atoms with van der Waals surface area (Å²) in [6, 6.07) is 12.9. The Balaban J connectivity index is 0.000000171. The molecule has 1 saturated carbocycles. The fourth-order valence-corrected chi connectivity index (χ4v) is 21.4. The molecule has 2 aromatic carbocycles. The summed E-state index contributed by atoms with van der Waals surface area (Å²) in [5.74, 6) is 2.88. The zero-order valence-electron chi connectivity index (χ0n) is 74.0. The van der Waals surface area contributed by atoms with Crippen LogP contribution in [0.15, 0.2) is 52.9 Å². The van der Waals surface area contributed by atoms with Crippen LogP contribution in [0.4, 0.5) is 24.9 Å². The molecule has 2 aliphatic carbocycles. The first-order chi connectivity index (χ1) is 57.7. The lowest BCUT2D eigenvalue weighted by atomic mass is 9.68. The number of morpholine rings is 3. The standard InChI is InChI=1S/C44H59ClN6O6S.C16H29N3O3.C11H21N3O.C9H17NO3.C9H15NO3.CH4/c1-30-5-3-7-40(55-2)37-11-8-34(37)24-51-28-44(14-4-6-32-19-35(45)10-12-38(32)44)29-57-41-13-9-33(20-39(41)51)42(52)46-58(54,27-30)47-43(53)50-22-31(23-50)21-48-15-16-49-17-18-56-26-36(49)25-48;1-16(2,3)22-15(20)19-9-13(10-19)8-17-4-5-18-6-7-21-12-14(18)11-17;1-2-14-3-4-15-9-11(14)8-13(1)7-10-5-12-6-10;2*1-9(2,3)13-8(12)10-4-7(5-10)6-11;/h3,7,9-10,12-13,19-20,30-31,34,36-37,40H,4-6,8,11,14-18,21-29H2,1-2H3,(H,46,47,52,53,54);13-14H,4-12H2,1-3H3;10-12H,1-9H2;7,11H,4-6H2,1-3H3;6-7H,4-5H2,1-3H3;1H4/b7-3+;;;;;/t30-,34-,36-,37+,40-,44-,58?;14-;11-;;;/m000.../s1. The summed E-state index contributed by atoms with van der Waals surface area (Å²) in [5.41, 5.74) is 2.19. The fraction of sp³-hybridized carbons (Fsp3) is 0.778. The summed E-state index contributed by atoms with van der Waals surface area (Å²) in [6.45, 7) is 50.3. The molecule has 32 heteroatoms. The van der Waals surface area contributed by atoms with Crippen molar-refractivity contribution in [2.24, 2.45) is 51.7 Å². The number of allylic oxidation sites excluding steroid dienone is 1. The fourth-order valence-electron chi connectivity index (χ4n) is 19.3. The highest BCUT2D eigenvalue weighted by Crippen LogP contribution is 2.48. The number of urea groups is 1. The molecule has 30 nitrogen and oxygen atoms in total. The molecule has 15 aliphatic rings. The van der Waals surface area contributed by atoms with Crippen molar-refractivity contribution in [1.29, 1.82) is 0 Å². The highest BCUT2D eigenvalue weighted by atomic mass is 35.5. The molecule has 12 fully saturated rings. The molecule has 2 bridgehead atoms. The number of aryl methyl sites for hydroxylation is 1. The van der Waals surface area contributed by atoms with Crippen LogP contribution in [0.2, 0.25) is 5.02 Å². The van der Waals surface area contributed by atoms with Gasteiger partial charge in [-0.15, -0.1) is 4.36 Å². The maximum absolute atomic E-state index is 14.8. The number of carbonyl (C=O) groups excluding carboxylic acids is 6. The number of nitrogens with one attached hydrogen (secondary N) is 2. The third kappa shape index (κ3) is 25.9. The lowest BCUT2D eigenvalue weighted by Crippen LogP contribution is -2.62. The first kappa shape index (κ1) is 95.1. The van der Waals surface area contributed by atoms with Crippen molar-refractivity contribution in [2.45, 2.75) is 162 Å². The number of fused-ring (bicyclic) bond motifs is 7. The predicted molar refractivity (Wildman–Crippen MR) is 472 cm³/mol. The van der Waals surface area contributed by atoms with E-state index in [1.54, 1.807) is 23.0 Å². The zero-order chi connectivity index (χ0) is 86.0. The molecule has 17 rings (SSSR count). The van der Waals surface area contributed by atoms with Gasteiger partial charge in [-0.2, -0.15) is 0 Å². The van der Waals surface area contributed by atoms with Crippen LogP contribution in [0.5, 0.6) is 5.75 Å². The highest BCUT2D eigenvalue weighted by Gasteiger charge is 2.47. The summed E-state index contributed by atoms with van der Waals surface area (Å²) in [4.78, 5) is 97.1. The van der Waals surface area contributed by atoms with Gasteiger partial charge in [-0.1, -0.05) is 44.2 Å². The number of nitrogens with zero attached hydrogens (tertiary/aromatic N) is 12. The number of halogens is 1. The number of amides is 6. The number of carbonyl (C=O) groups is 6. The topological polar surface area (TPSA) is 286 Å². The third-order valence-electron chi connectivity index (χ3n) is 26.2. The molecule has 1 spiro atoms. The number of aliphatic hydroxyl groups excluding tert-OH is 1.